The third-order valence-electron chi connectivity index (χ3n) is 3.75. The van der Waals surface area contributed by atoms with E-state index in [0.717, 1.165) is 22.5 Å². The summed E-state index contributed by atoms with van der Waals surface area (Å²) in [5.41, 5.74) is -0.0924. The minimum atomic E-state index is -4.51. The van der Waals surface area contributed by atoms with Crippen molar-refractivity contribution < 1.29 is 13.2 Å². The number of aromatic nitrogens is 1. The number of nitrogens with zero attached hydrogens (tertiary/aromatic N) is 1. The van der Waals surface area contributed by atoms with Crippen molar-refractivity contribution in [3.05, 3.63) is 90.3 Å². The molecule has 0 amide bonds. The lowest BCUT2D eigenvalue weighted by Gasteiger charge is -2.18. The third-order valence-corrected chi connectivity index (χ3v) is 3.75. The van der Waals surface area contributed by atoms with E-state index in [1.807, 2.05) is 42.5 Å². The molecule has 1 aromatic heterocycles. The number of alkyl halides is 3. The van der Waals surface area contributed by atoms with Gasteiger partial charge in [0.1, 0.15) is 5.69 Å². The molecule has 3 aromatic rings. The molecule has 0 saturated heterocycles. The lowest BCUT2D eigenvalue weighted by molar-refractivity contribution is -0.141. The highest BCUT2D eigenvalue weighted by Gasteiger charge is 2.36. The highest BCUT2D eigenvalue weighted by Crippen LogP contribution is 2.37. The highest BCUT2D eigenvalue weighted by atomic mass is 19.4. The first-order valence-electron chi connectivity index (χ1n) is 7.05. The number of fused-ring (bicyclic) bond motifs is 1. The summed E-state index contributed by atoms with van der Waals surface area (Å²) in [5.74, 6) is -0.596. The van der Waals surface area contributed by atoms with Gasteiger partial charge in [0.15, 0.2) is 0 Å². The molecule has 0 N–H and O–H groups in total. The zero-order chi connectivity index (χ0) is 16.4. The van der Waals surface area contributed by atoms with Gasteiger partial charge in [-0.1, -0.05) is 48.5 Å². The quantitative estimate of drug-likeness (QED) is 0.592. The molecule has 1 radical (unpaired) electrons. The lowest BCUT2D eigenvalue weighted by atomic mass is 9.89. The van der Waals surface area contributed by atoms with Gasteiger partial charge in [0.05, 0.1) is 0 Å². The van der Waals surface area contributed by atoms with Crippen LogP contribution in [-0.4, -0.2) is 4.98 Å². The first-order chi connectivity index (χ1) is 11.0. The van der Waals surface area contributed by atoms with E-state index in [9.17, 15) is 13.2 Å². The summed E-state index contributed by atoms with van der Waals surface area (Å²) >= 11 is 0. The molecule has 0 spiro atoms. The second-order valence-electron chi connectivity index (χ2n) is 5.19. The molecule has 0 aliphatic carbocycles. The second kappa shape index (κ2) is 5.88. The molecule has 0 aliphatic heterocycles. The number of halogens is 3. The van der Waals surface area contributed by atoms with Gasteiger partial charge in [-0.3, -0.25) is 4.98 Å². The summed E-state index contributed by atoms with van der Waals surface area (Å²) in [7, 11) is 0. The van der Waals surface area contributed by atoms with Gasteiger partial charge in [-0.2, -0.15) is 13.2 Å². The highest BCUT2D eigenvalue weighted by molar-refractivity contribution is 5.83. The molecular weight excluding hydrogens is 299 g/mol. The van der Waals surface area contributed by atoms with Crippen LogP contribution in [0.25, 0.3) is 10.8 Å². The Balaban J connectivity index is 2.14. The van der Waals surface area contributed by atoms with Crippen molar-refractivity contribution in [2.75, 3.05) is 0 Å². The Hall–Kier alpha value is -2.62. The van der Waals surface area contributed by atoms with Crippen LogP contribution in [0, 0.1) is 6.07 Å². The molecule has 1 nitrogen and oxygen atoms in total. The molecule has 115 valence electrons. The van der Waals surface area contributed by atoms with Crippen LogP contribution >= 0.6 is 0 Å². The second-order valence-corrected chi connectivity index (χ2v) is 5.19. The Labute approximate surface area is 132 Å². The maximum absolute atomic E-state index is 13.2. The average Bonchev–Trinajstić information content (AvgIpc) is 2.55. The van der Waals surface area contributed by atoms with Crippen molar-refractivity contribution in [2.45, 2.75) is 12.1 Å². The van der Waals surface area contributed by atoms with Crippen LogP contribution < -0.4 is 0 Å². The normalized spacial score (nSPS) is 13.0. The van der Waals surface area contributed by atoms with Crippen LogP contribution in [0.1, 0.15) is 22.7 Å². The molecule has 0 fully saturated rings. The van der Waals surface area contributed by atoms with Crippen LogP contribution in [0.2, 0.25) is 0 Å². The largest absolute Gasteiger partial charge is 0.433 e. The van der Waals surface area contributed by atoms with Crippen LogP contribution in [0.3, 0.4) is 0 Å². The van der Waals surface area contributed by atoms with Gasteiger partial charge in [0.2, 0.25) is 0 Å². The SMILES string of the molecule is C=CC(c1ccc2ccccc2c1)c1c[c]cnc1C(F)(F)F. The van der Waals surface area contributed by atoms with Crippen molar-refractivity contribution in [2.24, 2.45) is 0 Å². The summed E-state index contributed by atoms with van der Waals surface area (Å²) in [6.45, 7) is 3.71. The molecule has 2 aromatic carbocycles. The number of benzene rings is 2. The zero-order valence-electron chi connectivity index (χ0n) is 12.1. The van der Waals surface area contributed by atoms with Gasteiger partial charge >= 0.3 is 6.18 Å². The van der Waals surface area contributed by atoms with Crippen molar-refractivity contribution >= 4 is 10.8 Å². The van der Waals surface area contributed by atoms with Gasteiger partial charge < -0.3 is 0 Å². The van der Waals surface area contributed by atoms with E-state index in [-0.39, 0.29) is 5.56 Å². The number of allylic oxidation sites excluding steroid dienone is 1. The zero-order valence-corrected chi connectivity index (χ0v) is 12.1. The molecular formula is C19H13F3N. The number of pyridine rings is 1. The van der Waals surface area contributed by atoms with Crippen molar-refractivity contribution in [3.8, 4) is 0 Å². The molecule has 4 heteroatoms. The fraction of sp³-hybridized carbons (Fsp3) is 0.105. The fourth-order valence-corrected chi connectivity index (χ4v) is 2.69. The molecule has 0 aliphatic rings. The minimum Gasteiger partial charge on any atom is -0.251 e. The van der Waals surface area contributed by atoms with E-state index in [4.69, 9.17) is 0 Å². The summed E-state index contributed by atoms with van der Waals surface area (Å²) in [6.07, 6.45) is -1.97. The maximum atomic E-state index is 13.2. The van der Waals surface area contributed by atoms with Crippen LogP contribution in [-0.2, 0) is 6.18 Å². The summed E-state index contributed by atoms with van der Waals surface area (Å²) in [4.78, 5) is 3.48. The lowest BCUT2D eigenvalue weighted by Crippen LogP contribution is -2.14. The molecule has 1 atom stereocenters. The van der Waals surface area contributed by atoms with Crippen molar-refractivity contribution in [1.29, 1.82) is 0 Å². The Kier molecular flexibility index (Phi) is 3.90. The van der Waals surface area contributed by atoms with Gasteiger partial charge in [-0.15, -0.1) is 6.58 Å². The first kappa shape index (κ1) is 15.3. The molecule has 1 unspecified atom stereocenters. The fourth-order valence-electron chi connectivity index (χ4n) is 2.69. The summed E-state index contributed by atoms with van der Waals surface area (Å²) in [5, 5.41) is 2.01. The van der Waals surface area contributed by atoms with Crippen molar-refractivity contribution in [1.82, 2.24) is 4.98 Å². The van der Waals surface area contributed by atoms with E-state index in [0.29, 0.717) is 0 Å². The van der Waals surface area contributed by atoms with Crippen molar-refractivity contribution in [3.63, 3.8) is 0 Å². The van der Waals surface area contributed by atoms with Gasteiger partial charge in [0.25, 0.3) is 0 Å². The van der Waals surface area contributed by atoms with E-state index in [1.54, 1.807) is 0 Å². The first-order valence-corrected chi connectivity index (χ1v) is 7.05. The molecule has 3 rings (SSSR count). The average molecular weight is 312 g/mol. The third kappa shape index (κ3) is 2.97. The van der Waals surface area contributed by atoms with Crippen LogP contribution in [0.5, 0.6) is 0 Å². The predicted molar refractivity (Wildman–Crippen MR) is 84.1 cm³/mol. The Bertz CT molecular complexity index is 852. The predicted octanol–water partition coefficient (Wildman–Crippen LogP) is 5.37. The Morgan fingerprint density at radius 1 is 1.09 bits per heavy atom. The van der Waals surface area contributed by atoms with Gasteiger partial charge in [0, 0.05) is 18.2 Å². The number of hydrogen-bond acceptors (Lipinski definition) is 1. The molecule has 1 heterocycles. The standard InChI is InChI=1S/C19H13F3N/c1-2-16(17-8-5-11-23-18(17)19(20,21)22)15-10-9-13-6-3-4-7-14(13)12-15/h2-4,6-12,16H,1H2. The number of rotatable bonds is 3. The van der Waals surface area contributed by atoms with E-state index >= 15 is 0 Å². The summed E-state index contributed by atoms with van der Waals surface area (Å²) in [6, 6.07) is 17.3. The van der Waals surface area contributed by atoms with E-state index < -0.39 is 17.8 Å². The van der Waals surface area contributed by atoms with Gasteiger partial charge in [-0.05, 0) is 28.0 Å². The molecule has 0 saturated carbocycles. The van der Waals surface area contributed by atoms with E-state index in [2.05, 4.69) is 17.6 Å². The van der Waals surface area contributed by atoms with Gasteiger partial charge in [-0.25, -0.2) is 0 Å². The topological polar surface area (TPSA) is 12.9 Å². The Morgan fingerprint density at radius 2 is 1.83 bits per heavy atom. The Morgan fingerprint density at radius 3 is 2.52 bits per heavy atom. The summed E-state index contributed by atoms with van der Waals surface area (Å²) < 4.78 is 39.6. The molecule has 0 bridgehead atoms. The monoisotopic (exact) mass is 312 g/mol. The smallest absolute Gasteiger partial charge is 0.251 e. The maximum Gasteiger partial charge on any atom is 0.433 e. The van der Waals surface area contributed by atoms with Crippen LogP contribution in [0.4, 0.5) is 13.2 Å². The molecule has 23 heavy (non-hydrogen) atoms. The van der Waals surface area contributed by atoms with E-state index in [1.165, 1.54) is 12.1 Å². The van der Waals surface area contributed by atoms with Crippen LogP contribution in [0.15, 0.2) is 67.4 Å². The minimum absolute atomic E-state index is 0.0604. The number of hydrogen-bond donors (Lipinski definition) is 0.